The van der Waals surface area contributed by atoms with E-state index in [-0.39, 0.29) is 12.6 Å². The molecule has 1 unspecified atom stereocenters. The molecule has 0 aliphatic carbocycles. The van der Waals surface area contributed by atoms with Crippen LogP contribution >= 0.6 is 0 Å². The summed E-state index contributed by atoms with van der Waals surface area (Å²) in [6, 6.07) is 12.0. The quantitative estimate of drug-likeness (QED) is 0.714. The number of aliphatic hydroxyl groups is 1. The Balaban J connectivity index is 2.01. The van der Waals surface area contributed by atoms with E-state index < -0.39 is 0 Å². The average molecular weight is 272 g/mol. The Hall–Kier alpha value is -1.98. The fraction of sp³-hybridized carbons (Fsp3) is 0.333. The van der Waals surface area contributed by atoms with E-state index in [1.165, 1.54) is 5.56 Å². The van der Waals surface area contributed by atoms with Gasteiger partial charge in [-0.3, -0.25) is 0 Å². The van der Waals surface area contributed by atoms with Gasteiger partial charge in [0.25, 0.3) is 0 Å². The first-order valence-corrected chi connectivity index (χ1v) is 6.76. The Bertz CT molecular complexity index is 518. The number of nitrogen functional groups attached to an aromatic ring is 1. The highest BCUT2D eigenvalue weighted by Gasteiger charge is 2.11. The molecule has 1 aromatic carbocycles. The summed E-state index contributed by atoms with van der Waals surface area (Å²) < 4.78 is 0. The Morgan fingerprint density at radius 1 is 1.20 bits per heavy atom. The van der Waals surface area contributed by atoms with Gasteiger partial charge in [0.1, 0.15) is 11.6 Å². The minimum atomic E-state index is 0.174. The number of hydrogen-bond acceptors (Lipinski definition) is 5. The van der Waals surface area contributed by atoms with E-state index >= 15 is 0 Å². The zero-order valence-electron chi connectivity index (χ0n) is 11.4. The van der Waals surface area contributed by atoms with Crippen molar-refractivity contribution < 1.29 is 5.11 Å². The third-order valence-electron chi connectivity index (χ3n) is 3.09. The van der Waals surface area contributed by atoms with Crippen LogP contribution in [0.25, 0.3) is 0 Å². The molecule has 5 nitrogen and oxygen atoms in total. The first kappa shape index (κ1) is 14.4. The van der Waals surface area contributed by atoms with Gasteiger partial charge < -0.3 is 16.2 Å². The van der Waals surface area contributed by atoms with Crippen molar-refractivity contribution in [1.29, 1.82) is 0 Å². The minimum absolute atomic E-state index is 0.174. The van der Waals surface area contributed by atoms with Crippen molar-refractivity contribution in [2.75, 3.05) is 12.3 Å². The lowest BCUT2D eigenvalue weighted by Gasteiger charge is -2.18. The largest absolute Gasteiger partial charge is 0.396 e. The van der Waals surface area contributed by atoms with Crippen LogP contribution in [0, 0.1) is 0 Å². The van der Waals surface area contributed by atoms with Crippen LogP contribution in [0.15, 0.2) is 42.6 Å². The second kappa shape index (κ2) is 7.57. The van der Waals surface area contributed by atoms with Crippen LogP contribution in [0.5, 0.6) is 0 Å². The molecule has 4 N–H and O–H groups in total. The average Bonchev–Trinajstić information content (AvgIpc) is 2.48. The molecule has 0 amide bonds. The monoisotopic (exact) mass is 272 g/mol. The molecule has 0 saturated heterocycles. The second-order valence-corrected chi connectivity index (χ2v) is 4.61. The molecule has 0 saturated carbocycles. The Morgan fingerprint density at radius 2 is 2.00 bits per heavy atom. The van der Waals surface area contributed by atoms with Gasteiger partial charge in [-0.1, -0.05) is 30.3 Å². The highest BCUT2D eigenvalue weighted by Crippen LogP contribution is 2.18. The number of rotatable bonds is 7. The van der Waals surface area contributed by atoms with Crippen molar-refractivity contribution in [3.05, 3.63) is 54.0 Å². The summed E-state index contributed by atoms with van der Waals surface area (Å²) in [7, 11) is 0. The lowest BCUT2D eigenvalue weighted by Crippen LogP contribution is -2.22. The summed E-state index contributed by atoms with van der Waals surface area (Å²) >= 11 is 0. The number of nitrogens with one attached hydrogen (secondary N) is 1. The lowest BCUT2D eigenvalue weighted by molar-refractivity contribution is 0.274. The Morgan fingerprint density at radius 3 is 2.70 bits per heavy atom. The molecule has 0 aliphatic heterocycles. The lowest BCUT2D eigenvalue weighted by atomic mass is 10.0. The molecule has 0 bridgehead atoms. The number of aliphatic hydroxyl groups excluding tert-OH is 1. The molecule has 0 aliphatic rings. The Labute approximate surface area is 118 Å². The molecule has 1 atom stereocenters. The molecule has 0 spiro atoms. The van der Waals surface area contributed by atoms with Crippen molar-refractivity contribution in [1.82, 2.24) is 15.3 Å². The van der Waals surface area contributed by atoms with Gasteiger partial charge in [-0.2, -0.15) is 0 Å². The Kier molecular flexibility index (Phi) is 5.46. The predicted octanol–water partition coefficient (Wildman–Crippen LogP) is 1.66. The van der Waals surface area contributed by atoms with Gasteiger partial charge in [-0.25, -0.2) is 9.97 Å². The van der Waals surface area contributed by atoms with Gasteiger partial charge in [0.05, 0.1) is 6.54 Å². The zero-order valence-corrected chi connectivity index (χ0v) is 11.4. The maximum atomic E-state index is 9.01. The van der Waals surface area contributed by atoms with Crippen molar-refractivity contribution in [3.8, 4) is 0 Å². The van der Waals surface area contributed by atoms with E-state index in [0.29, 0.717) is 18.2 Å². The number of aromatic nitrogens is 2. The van der Waals surface area contributed by atoms with Crippen molar-refractivity contribution in [2.24, 2.45) is 0 Å². The molecule has 2 rings (SSSR count). The first-order chi connectivity index (χ1) is 9.79. The topological polar surface area (TPSA) is 84.1 Å². The summed E-state index contributed by atoms with van der Waals surface area (Å²) in [6.07, 6.45) is 3.28. The van der Waals surface area contributed by atoms with Gasteiger partial charge in [0.15, 0.2) is 0 Å². The molecule has 106 valence electrons. The van der Waals surface area contributed by atoms with E-state index in [0.717, 1.165) is 12.8 Å². The number of benzene rings is 1. The normalized spacial score (nSPS) is 12.2. The third-order valence-corrected chi connectivity index (χ3v) is 3.09. The van der Waals surface area contributed by atoms with Crippen LogP contribution < -0.4 is 11.1 Å². The smallest absolute Gasteiger partial charge is 0.144 e. The van der Waals surface area contributed by atoms with Gasteiger partial charge in [0.2, 0.25) is 0 Å². The third kappa shape index (κ3) is 4.29. The standard InChI is InChI=1S/C15H20N4O/c16-14-8-9-17-15(19-14)11-18-13(7-4-10-20)12-5-2-1-3-6-12/h1-3,5-6,8-9,13,18,20H,4,7,10-11H2,(H2,16,17,19). The van der Waals surface area contributed by atoms with E-state index in [2.05, 4.69) is 27.4 Å². The van der Waals surface area contributed by atoms with Crippen LogP contribution in [0.2, 0.25) is 0 Å². The van der Waals surface area contributed by atoms with Crippen LogP contribution in [0.4, 0.5) is 5.82 Å². The number of hydrogen-bond donors (Lipinski definition) is 3. The van der Waals surface area contributed by atoms with E-state index in [9.17, 15) is 0 Å². The fourth-order valence-electron chi connectivity index (χ4n) is 2.08. The van der Waals surface area contributed by atoms with E-state index in [1.807, 2.05) is 18.2 Å². The van der Waals surface area contributed by atoms with Gasteiger partial charge in [-0.15, -0.1) is 0 Å². The zero-order chi connectivity index (χ0) is 14.2. The number of anilines is 1. The second-order valence-electron chi connectivity index (χ2n) is 4.61. The molecule has 2 aromatic rings. The van der Waals surface area contributed by atoms with Gasteiger partial charge in [-0.05, 0) is 24.5 Å². The molecule has 5 heteroatoms. The van der Waals surface area contributed by atoms with Crippen LogP contribution in [0.1, 0.15) is 30.3 Å². The van der Waals surface area contributed by atoms with E-state index in [1.54, 1.807) is 12.3 Å². The maximum Gasteiger partial charge on any atom is 0.144 e. The highest BCUT2D eigenvalue weighted by molar-refractivity contribution is 5.25. The van der Waals surface area contributed by atoms with Crippen molar-refractivity contribution >= 4 is 5.82 Å². The molecule has 1 heterocycles. The molecular formula is C15H20N4O. The molecular weight excluding hydrogens is 252 g/mol. The summed E-state index contributed by atoms with van der Waals surface area (Å²) in [5.41, 5.74) is 6.84. The van der Waals surface area contributed by atoms with Crippen LogP contribution in [-0.2, 0) is 6.54 Å². The molecule has 0 radical (unpaired) electrons. The summed E-state index contributed by atoms with van der Waals surface area (Å²) in [6.45, 7) is 0.746. The van der Waals surface area contributed by atoms with Crippen LogP contribution in [0.3, 0.4) is 0 Å². The predicted molar refractivity (Wildman–Crippen MR) is 78.8 cm³/mol. The molecule has 0 fully saturated rings. The summed E-state index contributed by atoms with van der Waals surface area (Å²) in [4.78, 5) is 8.36. The minimum Gasteiger partial charge on any atom is -0.396 e. The molecule has 20 heavy (non-hydrogen) atoms. The van der Waals surface area contributed by atoms with Gasteiger partial charge >= 0.3 is 0 Å². The molecule has 1 aromatic heterocycles. The first-order valence-electron chi connectivity index (χ1n) is 6.76. The summed E-state index contributed by atoms with van der Waals surface area (Å²) in [5.74, 6) is 1.15. The van der Waals surface area contributed by atoms with Gasteiger partial charge in [0, 0.05) is 18.8 Å². The van der Waals surface area contributed by atoms with E-state index in [4.69, 9.17) is 10.8 Å². The van der Waals surface area contributed by atoms with Crippen molar-refractivity contribution in [2.45, 2.75) is 25.4 Å². The van der Waals surface area contributed by atoms with Crippen molar-refractivity contribution in [3.63, 3.8) is 0 Å². The summed E-state index contributed by atoms with van der Waals surface area (Å²) in [5, 5.41) is 12.4. The highest BCUT2D eigenvalue weighted by atomic mass is 16.2. The van der Waals surface area contributed by atoms with Crippen LogP contribution in [-0.4, -0.2) is 21.7 Å². The number of nitrogens with two attached hydrogens (primary N) is 1. The fourth-order valence-corrected chi connectivity index (χ4v) is 2.08. The number of nitrogens with zero attached hydrogens (tertiary/aromatic N) is 2. The maximum absolute atomic E-state index is 9.01. The SMILES string of the molecule is Nc1ccnc(CNC(CCCO)c2ccccc2)n1.